The van der Waals surface area contributed by atoms with E-state index in [0.717, 1.165) is 6.07 Å². The molecule has 2 N–H and O–H groups in total. The smallest absolute Gasteiger partial charge is 0.311 e. The monoisotopic (exact) mass is 244 g/mol. The van der Waals surface area contributed by atoms with Gasteiger partial charge >= 0.3 is 5.97 Å². The second-order valence-corrected chi connectivity index (χ2v) is 3.49. The highest BCUT2D eigenvalue weighted by molar-refractivity contribution is 5.72. The molecule has 0 aliphatic heterocycles. The van der Waals surface area contributed by atoms with Crippen LogP contribution in [0.15, 0.2) is 6.07 Å². The molecule has 94 valence electrons. The first-order valence-electron chi connectivity index (χ1n) is 5.15. The predicted octanol–water partition coefficient (Wildman–Crippen LogP) is 2.02. The second kappa shape index (κ2) is 5.56. The third-order valence-electron chi connectivity index (χ3n) is 2.29. The number of nitrogens with zero attached hydrogens (tertiary/aromatic N) is 1. The zero-order valence-corrected chi connectivity index (χ0v) is 9.67. The third kappa shape index (κ3) is 3.37. The van der Waals surface area contributed by atoms with Gasteiger partial charge in [-0.15, -0.1) is 0 Å². The van der Waals surface area contributed by atoms with Crippen molar-refractivity contribution in [3.63, 3.8) is 0 Å². The summed E-state index contributed by atoms with van der Waals surface area (Å²) < 4.78 is 30.1. The van der Waals surface area contributed by atoms with E-state index in [-0.39, 0.29) is 35.7 Å². The first kappa shape index (κ1) is 13.3. The van der Waals surface area contributed by atoms with Gasteiger partial charge in [-0.25, -0.2) is 13.8 Å². The lowest BCUT2D eigenvalue weighted by atomic mass is 10.1. The molecule has 0 unspecified atom stereocenters. The number of nitrogen functional groups attached to an aromatic ring is 1. The summed E-state index contributed by atoms with van der Waals surface area (Å²) in [6.45, 7) is 3.40. The van der Waals surface area contributed by atoms with Crippen LogP contribution in [0.3, 0.4) is 0 Å². The van der Waals surface area contributed by atoms with E-state index in [0.29, 0.717) is 0 Å². The maximum absolute atomic E-state index is 12.7. The average molecular weight is 244 g/mol. The average Bonchev–Trinajstić information content (AvgIpc) is 2.22. The molecule has 0 saturated carbocycles. The van der Waals surface area contributed by atoms with Crippen molar-refractivity contribution in [2.75, 3.05) is 12.3 Å². The Balaban J connectivity index is 3.03. The molecule has 17 heavy (non-hydrogen) atoms. The van der Waals surface area contributed by atoms with E-state index in [1.807, 2.05) is 0 Å². The first-order chi connectivity index (χ1) is 7.95. The summed E-state index contributed by atoms with van der Waals surface area (Å²) in [5.74, 6) is -0.529. The van der Waals surface area contributed by atoms with Gasteiger partial charge in [-0.05, 0) is 25.5 Å². The molecule has 1 heterocycles. The number of rotatable bonds is 4. The van der Waals surface area contributed by atoms with Gasteiger partial charge in [-0.3, -0.25) is 4.79 Å². The standard InChI is InChI=1S/C11H14F2N2O2/c1-3-17-10(16)5-8-6(2)7(11(12)13)4-9(14)15-8/h4,11H,3,5H2,1-2H3,(H2,14,15). The van der Waals surface area contributed by atoms with Crippen LogP contribution in [0.4, 0.5) is 14.6 Å². The number of hydrogen-bond acceptors (Lipinski definition) is 4. The van der Waals surface area contributed by atoms with E-state index in [4.69, 9.17) is 10.5 Å². The number of nitrogens with two attached hydrogens (primary N) is 1. The lowest BCUT2D eigenvalue weighted by Crippen LogP contribution is -2.12. The van der Waals surface area contributed by atoms with Crippen LogP contribution in [-0.2, 0) is 16.0 Å². The normalized spacial score (nSPS) is 10.6. The number of carbonyl (C=O) groups excluding carboxylic acids is 1. The minimum atomic E-state index is -2.64. The van der Waals surface area contributed by atoms with Crippen LogP contribution >= 0.6 is 0 Å². The molecule has 1 aromatic rings. The molecule has 0 spiro atoms. The van der Waals surface area contributed by atoms with E-state index in [1.165, 1.54) is 6.92 Å². The lowest BCUT2D eigenvalue weighted by Gasteiger charge is -2.11. The van der Waals surface area contributed by atoms with Crippen molar-refractivity contribution in [1.29, 1.82) is 0 Å². The fraction of sp³-hybridized carbons (Fsp3) is 0.455. The summed E-state index contributed by atoms with van der Waals surface area (Å²) in [6, 6.07) is 1.12. The van der Waals surface area contributed by atoms with Crippen LogP contribution in [0, 0.1) is 6.92 Å². The highest BCUT2D eigenvalue weighted by Gasteiger charge is 2.17. The van der Waals surface area contributed by atoms with E-state index in [1.54, 1.807) is 6.92 Å². The largest absolute Gasteiger partial charge is 0.466 e. The Morgan fingerprint density at radius 1 is 1.59 bits per heavy atom. The van der Waals surface area contributed by atoms with Gasteiger partial charge < -0.3 is 10.5 Å². The van der Waals surface area contributed by atoms with Crippen LogP contribution in [0.1, 0.15) is 30.2 Å². The number of hydrogen-bond donors (Lipinski definition) is 1. The van der Waals surface area contributed by atoms with E-state index >= 15 is 0 Å². The Kier molecular flexibility index (Phi) is 4.37. The molecule has 0 amide bonds. The van der Waals surface area contributed by atoms with Gasteiger partial charge in [0.2, 0.25) is 0 Å². The fourth-order valence-electron chi connectivity index (χ4n) is 1.45. The lowest BCUT2D eigenvalue weighted by molar-refractivity contribution is -0.142. The van der Waals surface area contributed by atoms with Crippen LogP contribution in [0.25, 0.3) is 0 Å². The van der Waals surface area contributed by atoms with Crippen molar-refractivity contribution in [2.24, 2.45) is 0 Å². The number of esters is 1. The van der Waals surface area contributed by atoms with Gasteiger partial charge in [0.25, 0.3) is 6.43 Å². The van der Waals surface area contributed by atoms with Gasteiger partial charge in [0.15, 0.2) is 0 Å². The molecule has 0 aliphatic carbocycles. The van der Waals surface area contributed by atoms with E-state index < -0.39 is 12.4 Å². The summed E-state index contributed by atoms with van der Waals surface area (Å²) in [5.41, 5.74) is 5.74. The fourth-order valence-corrected chi connectivity index (χ4v) is 1.45. The predicted molar refractivity (Wildman–Crippen MR) is 58.7 cm³/mol. The number of halogens is 2. The molecule has 6 heteroatoms. The van der Waals surface area contributed by atoms with Crippen LogP contribution in [-0.4, -0.2) is 17.6 Å². The van der Waals surface area contributed by atoms with Crippen molar-refractivity contribution < 1.29 is 18.3 Å². The topological polar surface area (TPSA) is 65.2 Å². The summed E-state index contributed by atoms with van der Waals surface area (Å²) in [6.07, 6.45) is -2.79. The minimum Gasteiger partial charge on any atom is -0.466 e. The quantitative estimate of drug-likeness (QED) is 0.823. The Bertz CT molecular complexity index is 422. The van der Waals surface area contributed by atoms with Crippen LogP contribution in [0.2, 0.25) is 0 Å². The molecule has 0 fully saturated rings. The Labute approximate surface area is 97.8 Å². The summed E-state index contributed by atoms with van der Waals surface area (Å²) >= 11 is 0. The number of ether oxygens (including phenoxy) is 1. The summed E-state index contributed by atoms with van der Waals surface area (Å²) in [5, 5.41) is 0. The molecule has 1 rings (SSSR count). The van der Waals surface area contributed by atoms with E-state index in [2.05, 4.69) is 4.98 Å². The summed E-state index contributed by atoms with van der Waals surface area (Å²) in [7, 11) is 0. The van der Waals surface area contributed by atoms with Crippen molar-refractivity contribution in [2.45, 2.75) is 26.7 Å². The zero-order chi connectivity index (χ0) is 13.0. The molecule has 0 radical (unpaired) electrons. The van der Waals surface area contributed by atoms with Crippen molar-refractivity contribution in [1.82, 2.24) is 4.98 Å². The maximum Gasteiger partial charge on any atom is 0.311 e. The Morgan fingerprint density at radius 2 is 2.24 bits per heavy atom. The maximum atomic E-state index is 12.7. The van der Waals surface area contributed by atoms with Gasteiger partial charge in [-0.1, -0.05) is 0 Å². The molecule has 0 aromatic carbocycles. The Morgan fingerprint density at radius 3 is 2.76 bits per heavy atom. The molecule has 0 saturated heterocycles. The number of carbonyl (C=O) groups is 1. The number of pyridine rings is 1. The minimum absolute atomic E-state index is 0.0230. The molecule has 0 atom stereocenters. The highest BCUT2D eigenvalue weighted by atomic mass is 19.3. The SMILES string of the molecule is CCOC(=O)Cc1nc(N)cc(C(F)F)c1C. The first-order valence-corrected chi connectivity index (χ1v) is 5.15. The number of anilines is 1. The van der Waals surface area contributed by atoms with Crippen molar-refractivity contribution >= 4 is 11.8 Å². The molecular formula is C11H14F2N2O2. The number of alkyl halides is 2. The molecule has 0 bridgehead atoms. The molecule has 4 nitrogen and oxygen atoms in total. The zero-order valence-electron chi connectivity index (χ0n) is 9.67. The number of aromatic nitrogens is 1. The van der Waals surface area contributed by atoms with Crippen molar-refractivity contribution in [3.8, 4) is 0 Å². The molecule has 0 aliphatic rings. The van der Waals surface area contributed by atoms with Crippen LogP contribution < -0.4 is 5.73 Å². The van der Waals surface area contributed by atoms with Gasteiger partial charge in [0, 0.05) is 5.56 Å². The van der Waals surface area contributed by atoms with E-state index in [9.17, 15) is 13.6 Å². The second-order valence-electron chi connectivity index (χ2n) is 3.49. The van der Waals surface area contributed by atoms with Gasteiger partial charge in [0.1, 0.15) is 5.82 Å². The molecule has 1 aromatic heterocycles. The summed E-state index contributed by atoms with van der Waals surface area (Å²) in [4.78, 5) is 15.1. The molecular weight excluding hydrogens is 230 g/mol. The van der Waals surface area contributed by atoms with Crippen molar-refractivity contribution in [3.05, 3.63) is 22.9 Å². The van der Waals surface area contributed by atoms with Crippen LogP contribution in [0.5, 0.6) is 0 Å². The highest BCUT2D eigenvalue weighted by Crippen LogP contribution is 2.26. The third-order valence-corrected chi connectivity index (χ3v) is 2.29. The van der Waals surface area contributed by atoms with Gasteiger partial charge in [0.05, 0.1) is 18.7 Å². The Hall–Kier alpha value is -1.72. The van der Waals surface area contributed by atoms with Gasteiger partial charge in [-0.2, -0.15) is 0 Å².